The molecule has 1 aromatic rings. The summed E-state index contributed by atoms with van der Waals surface area (Å²) in [5.74, 6) is 2.10. The van der Waals surface area contributed by atoms with Gasteiger partial charge in [0.2, 0.25) is 0 Å². The molecule has 0 saturated heterocycles. The predicted octanol–water partition coefficient (Wildman–Crippen LogP) is 5.89. The predicted molar refractivity (Wildman–Crippen MR) is 103 cm³/mol. The van der Waals surface area contributed by atoms with Gasteiger partial charge in [0.05, 0.1) is 12.7 Å². The van der Waals surface area contributed by atoms with Crippen LogP contribution in [0.15, 0.2) is 17.7 Å². The van der Waals surface area contributed by atoms with E-state index < -0.39 is 0 Å². The Morgan fingerprint density at radius 1 is 1.09 bits per heavy atom. The molecule has 0 radical (unpaired) electrons. The third-order valence-electron chi connectivity index (χ3n) is 5.39. The first kappa shape index (κ1) is 18.3. The van der Waals surface area contributed by atoms with E-state index in [4.69, 9.17) is 4.74 Å². The molecule has 0 heterocycles. The van der Waals surface area contributed by atoms with Crippen molar-refractivity contribution in [1.82, 2.24) is 0 Å². The van der Waals surface area contributed by atoms with Crippen molar-refractivity contribution in [2.24, 2.45) is 0 Å². The number of allylic oxidation sites excluding steroid dienone is 2. The molecule has 0 spiro atoms. The molecule has 1 N–H and O–H groups in total. The molecule has 0 unspecified atom stereocenters. The van der Waals surface area contributed by atoms with E-state index in [0.717, 1.165) is 11.5 Å². The van der Waals surface area contributed by atoms with Crippen LogP contribution < -0.4 is 4.74 Å². The lowest BCUT2D eigenvalue weighted by molar-refractivity contribution is 0.133. The van der Waals surface area contributed by atoms with Gasteiger partial charge < -0.3 is 9.47 Å². The Hall–Kier alpha value is -1.01. The lowest BCUT2D eigenvalue weighted by Crippen LogP contribution is -2.27. The summed E-state index contributed by atoms with van der Waals surface area (Å²) in [6.07, 6.45) is 0. The highest BCUT2D eigenvalue weighted by Crippen LogP contribution is 2.71. The number of aliphatic hydroxyl groups is 1. The van der Waals surface area contributed by atoms with Crippen LogP contribution in [0.25, 0.3) is 5.57 Å². The molecule has 0 aromatic heterocycles. The second-order valence-electron chi connectivity index (χ2n) is 7.18. The lowest BCUT2D eigenvalue weighted by atomic mass is 9.96. The van der Waals surface area contributed by atoms with Crippen molar-refractivity contribution in [3.8, 4) is 11.5 Å². The highest BCUT2D eigenvalue weighted by atomic mass is 31.1. The summed E-state index contributed by atoms with van der Waals surface area (Å²) in [5, 5.41) is 0.0699. The molecular weight excluding hydrogens is 303 g/mol. The van der Waals surface area contributed by atoms with E-state index in [1.807, 2.05) is 7.11 Å². The third-order valence-corrected chi connectivity index (χ3v) is 9.21. The van der Waals surface area contributed by atoms with Gasteiger partial charge in [0, 0.05) is 16.8 Å². The highest BCUT2D eigenvalue weighted by Gasteiger charge is 2.50. The molecule has 2 nitrogen and oxygen atoms in total. The summed E-state index contributed by atoms with van der Waals surface area (Å²) in [6.45, 7) is 16.5. The number of benzene rings is 1. The Morgan fingerprint density at radius 3 is 2.09 bits per heavy atom. The maximum atomic E-state index is 5.70. The second-order valence-corrected chi connectivity index (χ2v) is 11.0. The topological polar surface area (TPSA) is 22.0 Å². The molecule has 2 rings (SSSR count). The van der Waals surface area contributed by atoms with Gasteiger partial charge in [0.15, 0.2) is 7.11 Å². The smallest absolute Gasteiger partial charge is 0.259 e. The average Bonchev–Trinajstić information content (AvgIpc) is 2.68. The van der Waals surface area contributed by atoms with Crippen LogP contribution in [0.5, 0.6) is 11.5 Å². The number of rotatable bonds is 5. The van der Waals surface area contributed by atoms with Crippen LogP contribution in [-0.2, 0) is 5.16 Å². The summed E-state index contributed by atoms with van der Waals surface area (Å²) in [5.41, 5.74) is 6.88. The fraction of sp³-hybridized carbons (Fsp3) is 0.600. The van der Waals surface area contributed by atoms with Crippen molar-refractivity contribution in [1.29, 1.82) is 0 Å². The lowest BCUT2D eigenvalue weighted by Gasteiger charge is -2.42. The fourth-order valence-electron chi connectivity index (χ4n) is 4.49. The second kappa shape index (κ2) is 6.48. The minimum absolute atomic E-state index is 0.0699. The monoisotopic (exact) mass is 335 g/mol. The van der Waals surface area contributed by atoms with Crippen LogP contribution >= 0.6 is 7.92 Å². The van der Waals surface area contributed by atoms with Crippen LogP contribution in [0.3, 0.4) is 0 Å². The van der Waals surface area contributed by atoms with Crippen molar-refractivity contribution in [3.63, 3.8) is 0 Å². The van der Waals surface area contributed by atoms with E-state index >= 15 is 0 Å². The molecule has 1 atom stereocenters. The molecule has 0 aliphatic heterocycles. The Kier molecular flexibility index (Phi) is 5.16. The van der Waals surface area contributed by atoms with Gasteiger partial charge in [-0.1, -0.05) is 41.2 Å². The van der Waals surface area contributed by atoms with Crippen LogP contribution in [0.1, 0.15) is 59.6 Å². The number of hydrogen-bond donors (Lipinski definition) is 0. The molecule has 1 aliphatic rings. The summed E-state index contributed by atoms with van der Waals surface area (Å²) >= 11 is 0. The quantitative estimate of drug-likeness (QED) is 0.486. The Labute approximate surface area is 143 Å². The maximum Gasteiger partial charge on any atom is 0.259 e. The molecule has 0 fully saturated rings. The number of hydrogen-bond acceptors (Lipinski definition) is 1. The van der Waals surface area contributed by atoms with Gasteiger partial charge >= 0.3 is 0 Å². The number of methoxy groups -OCH3 is 1. The minimum atomic E-state index is -0.227. The van der Waals surface area contributed by atoms with Gasteiger partial charge in [-0.25, -0.2) is 0 Å². The van der Waals surface area contributed by atoms with Crippen molar-refractivity contribution in [2.75, 3.05) is 14.2 Å². The Bertz CT molecular complexity index is 623. The van der Waals surface area contributed by atoms with E-state index in [2.05, 4.69) is 65.3 Å². The van der Waals surface area contributed by atoms with Gasteiger partial charge in [-0.05, 0) is 43.7 Å². The minimum Gasteiger partial charge on any atom is -0.584 e. The Balaban J connectivity index is 2.85. The maximum absolute atomic E-state index is 5.70. The summed E-state index contributed by atoms with van der Waals surface area (Å²) < 4.78 is 10.3. The molecular formula is C20H32O2P+. The van der Waals surface area contributed by atoms with Crippen molar-refractivity contribution >= 4 is 13.5 Å². The average molecular weight is 335 g/mol. The van der Waals surface area contributed by atoms with Crippen LogP contribution in [0.4, 0.5) is 0 Å². The molecule has 1 aliphatic carbocycles. The third kappa shape index (κ3) is 2.60. The van der Waals surface area contributed by atoms with Gasteiger partial charge in [0.25, 0.3) is 5.75 Å². The normalized spacial score (nSPS) is 20.7. The molecule has 23 heavy (non-hydrogen) atoms. The van der Waals surface area contributed by atoms with E-state index in [-0.39, 0.29) is 13.1 Å². The van der Waals surface area contributed by atoms with E-state index in [0.29, 0.717) is 11.3 Å². The number of fused-ring (bicyclic) bond motifs is 1. The van der Waals surface area contributed by atoms with Crippen LogP contribution in [-0.4, -0.2) is 30.3 Å². The van der Waals surface area contributed by atoms with Gasteiger partial charge in [-0.15, -0.1) is 0 Å². The molecule has 0 saturated carbocycles. The fourth-order valence-corrected chi connectivity index (χ4v) is 8.78. The number of ether oxygens (including phenoxy) is 2. The summed E-state index contributed by atoms with van der Waals surface area (Å²) in [7, 11) is 3.44. The van der Waals surface area contributed by atoms with Crippen molar-refractivity contribution in [2.45, 2.75) is 64.9 Å². The van der Waals surface area contributed by atoms with E-state index in [1.54, 1.807) is 7.11 Å². The molecule has 0 bridgehead atoms. The van der Waals surface area contributed by atoms with Gasteiger partial charge in [-0.2, -0.15) is 0 Å². The largest absolute Gasteiger partial charge is 0.584 e. The van der Waals surface area contributed by atoms with Crippen molar-refractivity contribution in [3.05, 3.63) is 28.8 Å². The van der Waals surface area contributed by atoms with E-state index in [1.165, 1.54) is 22.3 Å². The SMILES string of the molecule is COc1ccc([OH+]C)c2c1C(C)=C(C)[C@@]2(C)P(C(C)C)C(C)C. The van der Waals surface area contributed by atoms with Crippen LogP contribution in [0, 0.1) is 0 Å². The zero-order valence-corrected chi connectivity index (χ0v) is 17.0. The molecule has 1 aromatic carbocycles. The van der Waals surface area contributed by atoms with Gasteiger partial charge in [-0.3, -0.25) is 0 Å². The zero-order valence-electron chi connectivity index (χ0n) is 16.1. The summed E-state index contributed by atoms with van der Waals surface area (Å²) in [6, 6.07) is 4.19. The highest BCUT2D eigenvalue weighted by molar-refractivity contribution is 7.60. The number of aromatic hydroxyl groups is 1. The zero-order chi connectivity index (χ0) is 17.5. The first-order chi connectivity index (χ1) is 10.7. The first-order valence-electron chi connectivity index (χ1n) is 8.49. The summed E-state index contributed by atoms with van der Waals surface area (Å²) in [4.78, 5) is 0. The van der Waals surface area contributed by atoms with E-state index in [9.17, 15) is 0 Å². The molecule has 3 heteroatoms. The molecule has 0 amide bonds. The molecule has 128 valence electrons. The standard InChI is InChI=1S/C20H31O2P/c1-12(2)23(13(3)4)20(7)15(6)14(5)18-16(21-8)10-11-17(22-9)19(18)20/h10-13H,1-9H3/p+1/t20-/m1/s1. The van der Waals surface area contributed by atoms with Crippen LogP contribution in [0.2, 0.25) is 0 Å². The van der Waals surface area contributed by atoms with Crippen molar-refractivity contribution < 1.29 is 9.47 Å². The van der Waals surface area contributed by atoms with Gasteiger partial charge in [0.1, 0.15) is 5.75 Å². The Morgan fingerprint density at radius 2 is 1.65 bits per heavy atom. The first-order valence-corrected chi connectivity index (χ1v) is 9.97.